The van der Waals surface area contributed by atoms with Crippen LogP contribution in [0.5, 0.6) is 0 Å². The molecule has 5 N–H and O–H groups in total. The van der Waals surface area contributed by atoms with E-state index in [1.807, 2.05) is 0 Å². The maximum atomic E-state index is 12.4. The van der Waals surface area contributed by atoms with Gasteiger partial charge in [0.15, 0.2) is 6.23 Å². The van der Waals surface area contributed by atoms with Crippen LogP contribution in [0, 0.1) is 5.92 Å². The number of rotatable bonds is 6. The van der Waals surface area contributed by atoms with E-state index in [1.54, 1.807) is 13.8 Å². The molecule has 2 aromatic heterocycles. The van der Waals surface area contributed by atoms with E-state index < -0.39 is 61.0 Å². The lowest BCUT2D eigenvalue weighted by molar-refractivity contribution is -0.155. The molecule has 0 radical (unpaired) electrons. The van der Waals surface area contributed by atoms with Gasteiger partial charge in [0.25, 0.3) is 5.56 Å². The molecule has 2 aliphatic heterocycles. The summed E-state index contributed by atoms with van der Waals surface area (Å²) in [6.07, 6.45) is -1.89. The fourth-order valence-electron chi connectivity index (χ4n) is 3.87. The van der Waals surface area contributed by atoms with E-state index >= 15 is 0 Å². The number of aliphatic hydroxyl groups is 3. The SMILES string of the molecule is CC(C)C(=O)OCOC(=O)Nc1cc(=O)nc2c3c(n([C@@H]4O[C@H](CO)[C@@H](O)[C@]4(C)O)cc13)N=CN2. The number of aromatic nitrogens is 2. The maximum Gasteiger partial charge on any atom is 0.414 e. The van der Waals surface area contributed by atoms with Gasteiger partial charge in [0.1, 0.15) is 29.4 Å². The second kappa shape index (κ2) is 9.22. The Kier molecular flexibility index (Phi) is 6.46. The standard InChI is InChI=1S/C21H25N5O9/c1-9(2)18(30)33-8-34-20(31)24-11-4-13(28)25-16-14-10(11)5-26(17(14)23-7-22-16)19-21(3,32)15(29)12(6-27)35-19/h4-5,7,9,12,15,19,27,29,32H,6,8H2,1-3H3,(H,24,31)(H,22,23,25,28)/t12-,15-,19-,21+/m1/s1. The zero-order chi connectivity index (χ0) is 25.5. The number of nitrogens with zero attached hydrogens (tertiary/aromatic N) is 3. The Hall–Kier alpha value is -3.59. The average Bonchev–Trinajstić information content (AvgIpc) is 3.23. The van der Waals surface area contributed by atoms with Crippen molar-refractivity contribution in [2.75, 3.05) is 24.0 Å². The number of aliphatic imine (C=N–C) groups is 1. The first-order chi connectivity index (χ1) is 16.5. The van der Waals surface area contributed by atoms with E-state index in [9.17, 15) is 29.7 Å². The van der Waals surface area contributed by atoms with Crippen molar-refractivity contribution in [3.8, 4) is 0 Å². The highest BCUT2D eigenvalue weighted by molar-refractivity contribution is 6.12. The van der Waals surface area contributed by atoms with Crippen LogP contribution in [0.4, 0.5) is 22.1 Å². The molecule has 0 aromatic carbocycles. The zero-order valence-electron chi connectivity index (χ0n) is 19.1. The van der Waals surface area contributed by atoms with Crippen LogP contribution >= 0.6 is 0 Å². The fraction of sp³-hybridized carbons (Fsp3) is 0.476. The van der Waals surface area contributed by atoms with Crippen molar-refractivity contribution in [3.63, 3.8) is 0 Å². The third kappa shape index (κ3) is 4.43. The van der Waals surface area contributed by atoms with E-state index in [1.165, 1.54) is 24.0 Å². The molecule has 4 heterocycles. The third-order valence-corrected chi connectivity index (χ3v) is 5.70. The van der Waals surface area contributed by atoms with Gasteiger partial charge in [-0.15, -0.1) is 0 Å². The van der Waals surface area contributed by atoms with Crippen molar-refractivity contribution in [2.24, 2.45) is 10.9 Å². The van der Waals surface area contributed by atoms with Gasteiger partial charge in [-0.2, -0.15) is 4.98 Å². The normalized spacial score (nSPS) is 24.9. The van der Waals surface area contributed by atoms with Gasteiger partial charge in [-0.3, -0.25) is 14.9 Å². The van der Waals surface area contributed by atoms with Crippen LogP contribution < -0.4 is 16.2 Å². The second-order valence-electron chi connectivity index (χ2n) is 8.58. The Morgan fingerprint density at radius 2 is 2.11 bits per heavy atom. The largest absolute Gasteiger partial charge is 0.428 e. The number of hydrogen-bond acceptors (Lipinski definition) is 12. The summed E-state index contributed by atoms with van der Waals surface area (Å²) in [5.41, 5.74) is -2.50. The molecule has 0 aliphatic carbocycles. The van der Waals surface area contributed by atoms with Crippen LogP contribution in [-0.2, 0) is 19.0 Å². The Morgan fingerprint density at radius 3 is 2.77 bits per heavy atom. The molecule has 0 saturated carbocycles. The molecule has 1 saturated heterocycles. The molecule has 35 heavy (non-hydrogen) atoms. The molecule has 2 aromatic rings. The Labute approximate surface area is 198 Å². The van der Waals surface area contributed by atoms with E-state index in [-0.39, 0.29) is 22.7 Å². The van der Waals surface area contributed by atoms with Crippen LogP contribution in [0.1, 0.15) is 27.0 Å². The lowest BCUT2D eigenvalue weighted by atomic mass is 9.96. The summed E-state index contributed by atoms with van der Waals surface area (Å²) >= 11 is 0. The molecule has 188 valence electrons. The highest BCUT2D eigenvalue weighted by Crippen LogP contribution is 2.45. The summed E-state index contributed by atoms with van der Waals surface area (Å²) in [7, 11) is 0. The second-order valence-corrected chi connectivity index (χ2v) is 8.58. The van der Waals surface area contributed by atoms with Crippen LogP contribution in [-0.4, -0.2) is 74.5 Å². The Balaban J connectivity index is 1.73. The summed E-state index contributed by atoms with van der Waals surface area (Å²) in [6, 6.07) is 1.06. The molecule has 1 amide bonds. The van der Waals surface area contributed by atoms with Crippen molar-refractivity contribution >= 4 is 46.5 Å². The monoisotopic (exact) mass is 491 g/mol. The van der Waals surface area contributed by atoms with E-state index in [2.05, 4.69) is 20.6 Å². The van der Waals surface area contributed by atoms with E-state index in [0.717, 1.165) is 6.07 Å². The quantitative estimate of drug-likeness (QED) is 0.273. The highest BCUT2D eigenvalue weighted by atomic mass is 16.7. The summed E-state index contributed by atoms with van der Waals surface area (Å²) < 4.78 is 16.8. The molecule has 14 nitrogen and oxygen atoms in total. The summed E-state index contributed by atoms with van der Waals surface area (Å²) in [4.78, 5) is 44.5. The van der Waals surface area contributed by atoms with Crippen LogP contribution in [0.15, 0.2) is 22.1 Å². The predicted molar refractivity (Wildman–Crippen MR) is 121 cm³/mol. The molecule has 2 aliphatic rings. The van der Waals surface area contributed by atoms with Gasteiger partial charge in [0.2, 0.25) is 6.79 Å². The summed E-state index contributed by atoms with van der Waals surface area (Å²) in [5, 5.41) is 36.6. The van der Waals surface area contributed by atoms with Crippen molar-refractivity contribution in [1.82, 2.24) is 9.55 Å². The average molecular weight is 491 g/mol. The molecule has 1 fully saturated rings. The molecular weight excluding hydrogens is 466 g/mol. The van der Waals surface area contributed by atoms with Crippen molar-refractivity contribution in [2.45, 2.75) is 44.8 Å². The maximum absolute atomic E-state index is 12.4. The topological polar surface area (TPSA) is 194 Å². The molecule has 4 rings (SSSR count). The fourth-order valence-corrected chi connectivity index (χ4v) is 3.87. The van der Waals surface area contributed by atoms with Gasteiger partial charge in [-0.25, -0.2) is 9.79 Å². The molecule has 0 unspecified atom stereocenters. The number of carbonyl (C=O) groups is 2. The van der Waals surface area contributed by atoms with E-state index in [0.29, 0.717) is 5.39 Å². The number of hydrogen-bond donors (Lipinski definition) is 5. The first-order valence-electron chi connectivity index (χ1n) is 10.7. The molecule has 14 heteroatoms. The highest BCUT2D eigenvalue weighted by Gasteiger charge is 2.53. The number of carbonyl (C=O) groups excluding carboxylic acids is 2. The first-order valence-corrected chi connectivity index (χ1v) is 10.7. The van der Waals surface area contributed by atoms with Gasteiger partial charge in [0, 0.05) is 17.6 Å². The van der Waals surface area contributed by atoms with Gasteiger partial charge < -0.3 is 39.4 Å². The Bertz CT molecular complexity index is 1260. The minimum absolute atomic E-state index is 0.000248. The lowest BCUT2D eigenvalue weighted by Gasteiger charge is -2.28. The van der Waals surface area contributed by atoms with Crippen molar-refractivity contribution in [3.05, 3.63) is 22.6 Å². The minimum atomic E-state index is -1.81. The molecule has 4 atom stereocenters. The Morgan fingerprint density at radius 1 is 1.37 bits per heavy atom. The van der Waals surface area contributed by atoms with Gasteiger partial charge in [-0.1, -0.05) is 13.8 Å². The van der Waals surface area contributed by atoms with Crippen LogP contribution in [0.3, 0.4) is 0 Å². The van der Waals surface area contributed by atoms with Crippen LogP contribution in [0.2, 0.25) is 0 Å². The van der Waals surface area contributed by atoms with Gasteiger partial charge >= 0.3 is 12.1 Å². The molecule has 0 spiro atoms. The molecule has 0 bridgehead atoms. The van der Waals surface area contributed by atoms with Crippen molar-refractivity contribution in [1.29, 1.82) is 0 Å². The summed E-state index contributed by atoms with van der Waals surface area (Å²) in [6.45, 7) is 3.44. The predicted octanol–water partition coefficient (Wildman–Crippen LogP) is 0.189. The van der Waals surface area contributed by atoms with E-state index in [4.69, 9.17) is 14.2 Å². The number of nitrogens with one attached hydrogen (secondary N) is 2. The lowest BCUT2D eigenvalue weighted by Crippen LogP contribution is -2.44. The smallest absolute Gasteiger partial charge is 0.414 e. The number of amides is 1. The number of ether oxygens (including phenoxy) is 3. The number of aliphatic hydroxyl groups excluding tert-OH is 2. The minimum Gasteiger partial charge on any atom is -0.428 e. The first kappa shape index (κ1) is 24.5. The van der Waals surface area contributed by atoms with Crippen LogP contribution in [0.25, 0.3) is 10.8 Å². The van der Waals surface area contributed by atoms with Crippen molar-refractivity contribution < 1.29 is 39.1 Å². The third-order valence-electron chi connectivity index (χ3n) is 5.70. The number of anilines is 2. The molecular formula is C21H25N5O9. The number of esters is 1. The van der Waals surface area contributed by atoms with Gasteiger partial charge in [0.05, 0.1) is 29.9 Å². The summed E-state index contributed by atoms with van der Waals surface area (Å²) in [5.74, 6) is -0.604. The zero-order valence-corrected chi connectivity index (χ0v) is 19.1. The van der Waals surface area contributed by atoms with Gasteiger partial charge in [-0.05, 0) is 6.92 Å².